The number of carbonyl (C=O) groups excluding carboxylic acids is 3. The number of aryl methyl sites for hydroxylation is 1. The second-order valence-corrected chi connectivity index (χ2v) is 14.0. The van der Waals surface area contributed by atoms with Crippen molar-refractivity contribution in [3.63, 3.8) is 0 Å². The number of hydrogen-bond acceptors (Lipinski definition) is 9. The Morgan fingerprint density at radius 3 is 2.51 bits per heavy atom. The van der Waals surface area contributed by atoms with Gasteiger partial charge >= 0.3 is 6.18 Å². The van der Waals surface area contributed by atoms with Crippen molar-refractivity contribution < 1.29 is 49.3 Å². The van der Waals surface area contributed by atoms with Crippen LogP contribution < -0.4 is 14.7 Å². The summed E-state index contributed by atoms with van der Waals surface area (Å²) in [5, 5.41) is 0. The molecule has 1 aromatic carbocycles. The van der Waals surface area contributed by atoms with E-state index in [-0.39, 0.29) is 86.3 Å². The molecular formula is C32H37F4N5O7S. The summed E-state index contributed by atoms with van der Waals surface area (Å²) in [6.45, 7) is 3.74. The van der Waals surface area contributed by atoms with Crippen LogP contribution in [-0.2, 0) is 39.6 Å². The molecule has 49 heavy (non-hydrogen) atoms. The standard InChI is InChI=1S/C32H37F4N5O7S/c1-5-20(18-48-49(4,45)46)30(43)40-16-23(17-40)47-11-7-10-39-15-21-13-27(42)41(26-14-22(32(34,35)36)12-19(2)37-26)28(21)31(44)38(3)25-9-6-8-24(33)29(25)39/h5-6,8-9,12,14,21,23,28H,7,10-11,13,15-18H2,1-4H3/b20-5+/t21-,28+/m1/s1. The molecule has 0 N–H and O–H groups in total. The molecule has 17 heteroatoms. The zero-order valence-corrected chi connectivity index (χ0v) is 28.2. The highest BCUT2D eigenvalue weighted by molar-refractivity contribution is 7.86. The fourth-order valence-electron chi connectivity index (χ4n) is 6.32. The number of benzene rings is 1. The van der Waals surface area contributed by atoms with Crippen molar-refractivity contribution in [1.82, 2.24) is 9.88 Å². The summed E-state index contributed by atoms with van der Waals surface area (Å²) in [5.74, 6) is -3.04. The van der Waals surface area contributed by atoms with Crippen LogP contribution in [0.25, 0.3) is 0 Å². The number of para-hydroxylation sites is 1. The molecule has 0 spiro atoms. The maximum Gasteiger partial charge on any atom is 0.416 e. The summed E-state index contributed by atoms with van der Waals surface area (Å²) in [6, 6.07) is 4.73. The van der Waals surface area contributed by atoms with Crippen LogP contribution in [0.5, 0.6) is 0 Å². The number of likely N-dealkylation sites (N-methyl/N-ethyl adjacent to an activating group) is 1. The summed E-state index contributed by atoms with van der Waals surface area (Å²) >= 11 is 0. The van der Waals surface area contributed by atoms with Gasteiger partial charge in [-0.1, -0.05) is 12.1 Å². The number of alkyl halides is 3. The number of fused-ring (bicyclic) bond motifs is 2. The Balaban J connectivity index is 1.28. The highest BCUT2D eigenvalue weighted by Gasteiger charge is 2.49. The molecule has 2 atom stereocenters. The van der Waals surface area contributed by atoms with Crippen LogP contribution in [-0.4, -0.2) is 101 Å². The molecule has 3 aliphatic rings. The molecule has 2 aromatic rings. The predicted octanol–water partition coefficient (Wildman–Crippen LogP) is 3.29. The largest absolute Gasteiger partial charge is 0.416 e. The number of halogens is 4. The van der Waals surface area contributed by atoms with Gasteiger partial charge in [-0.3, -0.25) is 23.5 Å². The average Bonchev–Trinajstić information content (AvgIpc) is 3.31. The highest BCUT2D eigenvalue weighted by Crippen LogP contribution is 2.41. The first-order valence-corrected chi connectivity index (χ1v) is 17.4. The lowest BCUT2D eigenvalue weighted by Gasteiger charge is -2.40. The van der Waals surface area contributed by atoms with E-state index in [1.807, 2.05) is 0 Å². The summed E-state index contributed by atoms with van der Waals surface area (Å²) in [6.07, 6.45) is -2.33. The van der Waals surface area contributed by atoms with Gasteiger partial charge in [0, 0.05) is 63.4 Å². The van der Waals surface area contributed by atoms with Gasteiger partial charge in [0.25, 0.3) is 16.0 Å². The smallest absolute Gasteiger partial charge is 0.374 e. The molecule has 4 heterocycles. The minimum Gasteiger partial charge on any atom is -0.374 e. The zero-order chi connectivity index (χ0) is 35.8. The Morgan fingerprint density at radius 1 is 1.14 bits per heavy atom. The number of carbonyl (C=O) groups is 3. The van der Waals surface area contributed by atoms with Crippen LogP contribution in [0.2, 0.25) is 0 Å². The number of aromatic nitrogens is 1. The van der Waals surface area contributed by atoms with E-state index >= 15 is 4.39 Å². The summed E-state index contributed by atoms with van der Waals surface area (Å²) in [5.41, 5.74) is -0.361. The van der Waals surface area contributed by atoms with E-state index in [1.54, 1.807) is 17.9 Å². The van der Waals surface area contributed by atoms with Crippen LogP contribution in [0.4, 0.5) is 34.8 Å². The molecule has 0 unspecified atom stereocenters. The van der Waals surface area contributed by atoms with Gasteiger partial charge in [0.2, 0.25) is 11.8 Å². The molecule has 5 rings (SSSR count). The molecule has 0 saturated carbocycles. The third kappa shape index (κ3) is 7.88. The fourth-order valence-corrected chi connectivity index (χ4v) is 6.67. The van der Waals surface area contributed by atoms with Crippen LogP contribution >= 0.6 is 0 Å². The van der Waals surface area contributed by atoms with Crippen molar-refractivity contribution in [2.75, 3.05) is 67.4 Å². The lowest BCUT2D eigenvalue weighted by atomic mass is 9.95. The number of ether oxygens (including phenoxy) is 1. The predicted molar refractivity (Wildman–Crippen MR) is 171 cm³/mol. The van der Waals surface area contributed by atoms with Crippen molar-refractivity contribution in [3.8, 4) is 0 Å². The van der Waals surface area contributed by atoms with Crippen LogP contribution in [0.3, 0.4) is 0 Å². The van der Waals surface area contributed by atoms with Crippen molar-refractivity contribution in [2.24, 2.45) is 5.92 Å². The Labute approximate surface area is 281 Å². The third-order valence-electron chi connectivity index (χ3n) is 8.74. The first-order valence-electron chi connectivity index (χ1n) is 15.6. The third-order valence-corrected chi connectivity index (χ3v) is 9.28. The molecule has 1 aromatic heterocycles. The first kappa shape index (κ1) is 36.2. The van der Waals surface area contributed by atoms with Crippen molar-refractivity contribution >= 4 is 45.0 Å². The van der Waals surface area contributed by atoms with E-state index in [0.717, 1.165) is 23.3 Å². The van der Waals surface area contributed by atoms with Gasteiger partial charge in [-0.05, 0) is 44.5 Å². The van der Waals surface area contributed by atoms with Crippen LogP contribution in [0.1, 0.15) is 31.0 Å². The molecular weight excluding hydrogens is 674 g/mol. The summed E-state index contributed by atoms with van der Waals surface area (Å²) in [7, 11) is -2.28. The number of rotatable bonds is 10. The number of anilines is 3. The molecule has 266 valence electrons. The second kappa shape index (κ2) is 14.0. The van der Waals surface area contributed by atoms with Gasteiger partial charge in [0.05, 0.1) is 35.9 Å². The maximum atomic E-state index is 15.4. The van der Waals surface area contributed by atoms with Crippen molar-refractivity contribution in [3.05, 3.63) is 59.1 Å². The topological polar surface area (TPSA) is 130 Å². The Kier molecular flexibility index (Phi) is 10.4. The fraction of sp³-hybridized carbons (Fsp3) is 0.500. The normalized spacial score (nSPS) is 20.6. The lowest BCUT2D eigenvalue weighted by molar-refractivity contribution is -0.141. The lowest BCUT2D eigenvalue weighted by Crippen LogP contribution is -2.55. The number of nitrogens with zero attached hydrogens (tertiary/aromatic N) is 5. The van der Waals surface area contributed by atoms with Crippen LogP contribution in [0.15, 0.2) is 42.0 Å². The van der Waals surface area contributed by atoms with Gasteiger partial charge < -0.3 is 19.4 Å². The molecule has 3 amide bonds. The number of allylic oxidation sites excluding steroid dienone is 1. The van der Waals surface area contributed by atoms with E-state index in [4.69, 9.17) is 8.92 Å². The monoisotopic (exact) mass is 711 g/mol. The van der Waals surface area contributed by atoms with Gasteiger partial charge in [-0.25, -0.2) is 9.37 Å². The van der Waals surface area contributed by atoms with Crippen molar-refractivity contribution in [2.45, 2.75) is 45.0 Å². The summed E-state index contributed by atoms with van der Waals surface area (Å²) < 4.78 is 89.7. The molecule has 12 nitrogen and oxygen atoms in total. The molecule has 2 fully saturated rings. The molecule has 0 aliphatic carbocycles. The van der Waals surface area contributed by atoms with Gasteiger partial charge in [0.15, 0.2) is 0 Å². The van der Waals surface area contributed by atoms with Gasteiger partial charge in [-0.2, -0.15) is 21.6 Å². The SMILES string of the molecule is C/C=C(\COS(C)(=O)=O)C(=O)N1CC(OCCCN2C[C@H]3CC(=O)N(c4cc(C(F)(F)F)cc(C)n4)[C@@H]3C(=O)N(C)c3cccc(F)c32)C1. The highest BCUT2D eigenvalue weighted by atomic mass is 32.2. The van der Waals surface area contributed by atoms with Gasteiger partial charge in [-0.15, -0.1) is 0 Å². The van der Waals surface area contributed by atoms with Crippen molar-refractivity contribution in [1.29, 1.82) is 0 Å². The van der Waals surface area contributed by atoms with E-state index in [1.165, 1.54) is 42.0 Å². The van der Waals surface area contributed by atoms with Crippen LogP contribution in [0, 0.1) is 18.7 Å². The molecule has 0 bridgehead atoms. The number of pyridine rings is 1. The molecule has 0 radical (unpaired) electrons. The van der Waals surface area contributed by atoms with E-state index < -0.39 is 51.4 Å². The van der Waals surface area contributed by atoms with E-state index in [2.05, 4.69) is 4.98 Å². The van der Waals surface area contributed by atoms with E-state index in [0.29, 0.717) is 6.42 Å². The first-order chi connectivity index (χ1) is 23.0. The minimum absolute atomic E-state index is 0.0314. The number of likely N-dealkylation sites (tertiary alicyclic amines) is 1. The van der Waals surface area contributed by atoms with E-state index in [9.17, 15) is 36.0 Å². The average molecular weight is 712 g/mol. The Bertz CT molecular complexity index is 1760. The second-order valence-electron chi connectivity index (χ2n) is 12.3. The Morgan fingerprint density at radius 2 is 1.86 bits per heavy atom. The zero-order valence-electron chi connectivity index (χ0n) is 27.4. The number of amides is 3. The minimum atomic E-state index is -4.69. The maximum absolute atomic E-state index is 15.4. The molecule has 3 aliphatic heterocycles. The van der Waals surface area contributed by atoms with Gasteiger partial charge in [0.1, 0.15) is 17.7 Å². The molecule has 2 saturated heterocycles. The Hall–Kier alpha value is -4.09. The summed E-state index contributed by atoms with van der Waals surface area (Å²) in [4.78, 5) is 49.7. The number of hydrogen-bond donors (Lipinski definition) is 0. The quantitative estimate of drug-likeness (QED) is 0.158.